The van der Waals surface area contributed by atoms with Crippen molar-refractivity contribution in [2.75, 3.05) is 20.2 Å². The van der Waals surface area contributed by atoms with Gasteiger partial charge in [0.1, 0.15) is 5.56 Å². The maximum absolute atomic E-state index is 12.3. The number of carbonyl (C=O) groups is 2. The molecule has 8 heteroatoms. The molecular formula is C17H16Cl2N2O3S. The first kappa shape index (κ1) is 19.4. The van der Waals surface area contributed by atoms with Crippen LogP contribution in [0, 0.1) is 0 Å². The highest BCUT2D eigenvalue weighted by Gasteiger charge is 2.19. The van der Waals surface area contributed by atoms with Crippen LogP contribution in [-0.4, -0.2) is 32.0 Å². The van der Waals surface area contributed by atoms with Crippen LogP contribution in [0.1, 0.15) is 20.7 Å². The van der Waals surface area contributed by atoms with E-state index in [1.807, 2.05) is 0 Å². The van der Waals surface area contributed by atoms with Gasteiger partial charge in [-0.25, -0.2) is 0 Å². The van der Waals surface area contributed by atoms with Crippen molar-refractivity contribution in [3.05, 3.63) is 57.6 Å². The summed E-state index contributed by atoms with van der Waals surface area (Å²) in [5, 5.41) is 5.89. The smallest absolute Gasteiger partial charge is 0.256 e. The van der Waals surface area contributed by atoms with Crippen LogP contribution in [0.3, 0.4) is 0 Å². The first-order chi connectivity index (χ1) is 12.0. The Morgan fingerprint density at radius 2 is 1.60 bits per heavy atom. The Kier molecular flexibility index (Phi) is 6.99. The van der Waals surface area contributed by atoms with E-state index in [4.69, 9.17) is 27.9 Å². The minimum Gasteiger partial charge on any atom is -0.494 e. The lowest BCUT2D eigenvalue weighted by molar-refractivity contribution is 0.0924. The molecule has 0 bridgehead atoms. The Morgan fingerprint density at radius 1 is 1.00 bits per heavy atom. The zero-order valence-electron chi connectivity index (χ0n) is 13.3. The van der Waals surface area contributed by atoms with Gasteiger partial charge in [0.2, 0.25) is 0 Å². The second-order valence-corrected chi connectivity index (χ2v) is 6.26. The molecule has 0 aliphatic carbocycles. The summed E-state index contributed by atoms with van der Waals surface area (Å²) in [4.78, 5) is 24.9. The van der Waals surface area contributed by atoms with Crippen molar-refractivity contribution in [2.45, 2.75) is 4.90 Å². The SMILES string of the molecule is COc1c(Cl)ccc(Cl)c1C(=O)NCCNC(=O)c1ccccc1S. The third-order valence-electron chi connectivity index (χ3n) is 3.33. The Labute approximate surface area is 161 Å². The molecule has 5 nitrogen and oxygen atoms in total. The third kappa shape index (κ3) is 4.81. The van der Waals surface area contributed by atoms with Crippen molar-refractivity contribution in [3.8, 4) is 5.75 Å². The van der Waals surface area contributed by atoms with Crippen molar-refractivity contribution < 1.29 is 14.3 Å². The lowest BCUT2D eigenvalue weighted by atomic mass is 10.2. The Bertz CT molecular complexity index is 799. The van der Waals surface area contributed by atoms with E-state index in [2.05, 4.69) is 23.3 Å². The second-order valence-electron chi connectivity index (χ2n) is 4.97. The van der Waals surface area contributed by atoms with Crippen molar-refractivity contribution in [1.82, 2.24) is 10.6 Å². The van der Waals surface area contributed by atoms with Gasteiger partial charge in [-0.2, -0.15) is 0 Å². The predicted molar refractivity (Wildman–Crippen MR) is 101 cm³/mol. The van der Waals surface area contributed by atoms with Gasteiger partial charge in [-0.3, -0.25) is 9.59 Å². The maximum atomic E-state index is 12.3. The number of hydrogen-bond donors (Lipinski definition) is 3. The number of halogens is 2. The summed E-state index contributed by atoms with van der Waals surface area (Å²) in [5.41, 5.74) is 0.625. The molecule has 2 aromatic rings. The lowest BCUT2D eigenvalue weighted by Crippen LogP contribution is -2.35. The van der Waals surface area contributed by atoms with E-state index in [1.165, 1.54) is 13.2 Å². The Morgan fingerprint density at radius 3 is 2.24 bits per heavy atom. The van der Waals surface area contributed by atoms with Crippen LogP contribution in [0.2, 0.25) is 10.0 Å². The molecule has 2 aromatic carbocycles. The molecule has 0 spiro atoms. The monoisotopic (exact) mass is 398 g/mol. The van der Waals surface area contributed by atoms with E-state index >= 15 is 0 Å². The molecule has 0 saturated heterocycles. The standard InChI is InChI=1S/C17H16Cl2N2O3S/c1-24-15-12(19)7-6-11(18)14(15)17(23)21-9-8-20-16(22)10-4-2-3-5-13(10)25/h2-7,25H,8-9H2,1H3,(H,20,22)(H,21,23). The largest absolute Gasteiger partial charge is 0.494 e. The fraction of sp³-hybridized carbons (Fsp3) is 0.176. The average Bonchev–Trinajstić information content (AvgIpc) is 2.60. The van der Waals surface area contributed by atoms with E-state index in [-0.39, 0.29) is 40.4 Å². The normalized spacial score (nSPS) is 10.2. The van der Waals surface area contributed by atoms with Crippen molar-refractivity contribution in [2.24, 2.45) is 0 Å². The van der Waals surface area contributed by atoms with Gasteiger partial charge in [0.05, 0.1) is 22.7 Å². The van der Waals surface area contributed by atoms with Gasteiger partial charge in [-0.05, 0) is 24.3 Å². The molecule has 0 radical (unpaired) electrons. The molecule has 132 valence electrons. The molecule has 0 heterocycles. The molecular weight excluding hydrogens is 383 g/mol. The van der Waals surface area contributed by atoms with Gasteiger partial charge in [-0.1, -0.05) is 35.3 Å². The topological polar surface area (TPSA) is 67.4 Å². The van der Waals surface area contributed by atoms with E-state index in [9.17, 15) is 9.59 Å². The molecule has 0 atom stereocenters. The van der Waals surface area contributed by atoms with Gasteiger partial charge in [0.25, 0.3) is 11.8 Å². The first-order valence-corrected chi connectivity index (χ1v) is 8.52. The highest BCUT2D eigenvalue weighted by atomic mass is 35.5. The zero-order chi connectivity index (χ0) is 18.4. The molecule has 0 fully saturated rings. The minimum atomic E-state index is -0.437. The van der Waals surface area contributed by atoms with Crippen molar-refractivity contribution >= 4 is 47.6 Å². The molecule has 2 amide bonds. The lowest BCUT2D eigenvalue weighted by Gasteiger charge is -2.13. The van der Waals surface area contributed by atoms with Crippen LogP contribution in [-0.2, 0) is 0 Å². The summed E-state index contributed by atoms with van der Waals surface area (Å²) in [6.07, 6.45) is 0. The van der Waals surface area contributed by atoms with E-state index < -0.39 is 5.91 Å². The number of rotatable bonds is 6. The molecule has 2 rings (SSSR count). The maximum Gasteiger partial charge on any atom is 0.256 e. The third-order valence-corrected chi connectivity index (χ3v) is 4.34. The number of amides is 2. The quantitative estimate of drug-likeness (QED) is 0.515. The fourth-order valence-corrected chi connectivity index (χ4v) is 2.88. The highest BCUT2D eigenvalue weighted by molar-refractivity contribution is 7.80. The molecule has 25 heavy (non-hydrogen) atoms. The number of carbonyl (C=O) groups excluding carboxylic acids is 2. The summed E-state index contributed by atoms with van der Waals surface area (Å²) in [5.74, 6) is -0.494. The fourth-order valence-electron chi connectivity index (χ4n) is 2.15. The van der Waals surface area contributed by atoms with Crippen LogP contribution in [0.25, 0.3) is 0 Å². The van der Waals surface area contributed by atoms with Crippen LogP contribution in [0.15, 0.2) is 41.3 Å². The number of benzene rings is 2. The van der Waals surface area contributed by atoms with Crippen molar-refractivity contribution in [1.29, 1.82) is 0 Å². The number of methoxy groups -OCH3 is 1. The summed E-state index contributed by atoms with van der Waals surface area (Å²) in [7, 11) is 1.41. The van der Waals surface area contributed by atoms with Crippen LogP contribution < -0.4 is 15.4 Å². The summed E-state index contributed by atoms with van der Waals surface area (Å²) >= 11 is 16.3. The van der Waals surface area contributed by atoms with E-state index in [0.29, 0.717) is 10.5 Å². The molecule has 2 N–H and O–H groups in total. The highest BCUT2D eigenvalue weighted by Crippen LogP contribution is 2.33. The van der Waals surface area contributed by atoms with E-state index in [0.717, 1.165) is 0 Å². The van der Waals surface area contributed by atoms with Gasteiger partial charge >= 0.3 is 0 Å². The van der Waals surface area contributed by atoms with Crippen molar-refractivity contribution in [3.63, 3.8) is 0 Å². The molecule has 0 aliphatic heterocycles. The van der Waals surface area contributed by atoms with Gasteiger partial charge < -0.3 is 15.4 Å². The molecule has 0 unspecified atom stereocenters. The number of ether oxygens (including phenoxy) is 1. The van der Waals surface area contributed by atoms with Gasteiger partial charge in [0.15, 0.2) is 5.75 Å². The predicted octanol–water partition coefficient (Wildman–Crippen LogP) is 3.45. The molecule has 0 aliphatic rings. The van der Waals surface area contributed by atoms with E-state index in [1.54, 1.807) is 30.3 Å². The first-order valence-electron chi connectivity index (χ1n) is 7.32. The van der Waals surface area contributed by atoms with Crippen LogP contribution >= 0.6 is 35.8 Å². The van der Waals surface area contributed by atoms with Gasteiger partial charge in [0, 0.05) is 18.0 Å². The summed E-state index contributed by atoms with van der Waals surface area (Å²) in [6.45, 7) is 0.457. The number of nitrogens with one attached hydrogen (secondary N) is 2. The van der Waals surface area contributed by atoms with Crippen LogP contribution in [0.5, 0.6) is 5.75 Å². The zero-order valence-corrected chi connectivity index (χ0v) is 15.7. The number of hydrogen-bond acceptors (Lipinski definition) is 4. The average molecular weight is 399 g/mol. The molecule has 0 aromatic heterocycles. The minimum absolute atomic E-state index is 0.156. The van der Waals surface area contributed by atoms with Gasteiger partial charge in [-0.15, -0.1) is 12.6 Å². The summed E-state index contributed by atoms with van der Waals surface area (Å²) < 4.78 is 5.14. The Balaban J connectivity index is 1.93. The number of thiol groups is 1. The molecule has 0 saturated carbocycles. The second kappa shape index (κ2) is 8.99. The van der Waals surface area contributed by atoms with Crippen LogP contribution in [0.4, 0.5) is 0 Å². The Hall–Kier alpha value is -1.89. The summed E-state index contributed by atoms with van der Waals surface area (Å²) in [6, 6.07) is 10.0.